The molecule has 0 bridgehead atoms. The molecule has 0 radical (unpaired) electrons. The van der Waals surface area contributed by atoms with Crippen molar-refractivity contribution in [1.82, 2.24) is 9.80 Å². The number of unbranched alkanes of at least 4 members (excludes halogenated alkanes) is 1. The van der Waals surface area contributed by atoms with E-state index in [1.165, 1.54) is 49.5 Å². The molecule has 0 unspecified atom stereocenters. The molecule has 2 heterocycles. The van der Waals surface area contributed by atoms with E-state index in [-0.39, 0.29) is 17.7 Å². The number of allylic oxidation sites excluding steroid dienone is 1. The number of rotatable bonds is 9. The van der Waals surface area contributed by atoms with Crippen LogP contribution in [0.5, 0.6) is 0 Å². The predicted octanol–water partition coefficient (Wildman–Crippen LogP) is 2.65. The van der Waals surface area contributed by atoms with E-state index in [4.69, 9.17) is 10.5 Å². The molecule has 1 aliphatic carbocycles. The lowest BCUT2D eigenvalue weighted by Gasteiger charge is -2.39. The summed E-state index contributed by atoms with van der Waals surface area (Å²) in [4.78, 5) is 48.5. The van der Waals surface area contributed by atoms with Gasteiger partial charge in [0.25, 0.3) is 0 Å². The average Bonchev–Trinajstić information content (AvgIpc) is 3.82. The lowest BCUT2D eigenvalue weighted by atomic mass is 9.44. The van der Waals surface area contributed by atoms with Gasteiger partial charge in [0, 0.05) is 56.9 Å². The Bertz CT molecular complexity index is 946. The zero-order chi connectivity index (χ0) is 28.8. The summed E-state index contributed by atoms with van der Waals surface area (Å²) >= 11 is 0. The lowest BCUT2D eigenvalue weighted by molar-refractivity contribution is -0.139. The smallest absolute Gasteiger partial charge is 0.225 e. The standard InChI is InChI=1S/C16H27BN2.C13H18N2O3.CH2O/c1-4-5-10-17(2)15-6-8-16(9-7-15)19-13-11-18(3)12-14-19;14-12(18)13(4-1-9-16)5-7-15(8-6-13)11(17)10-2-3-10;1-2/h6-9H,4-5,10-14H2,1-3H3;1,10H,2-8H2,(H2,14,18);1H2. The highest BCUT2D eigenvalue weighted by Gasteiger charge is 2.42. The van der Waals surface area contributed by atoms with Gasteiger partial charge in [0.1, 0.15) is 12.7 Å². The molecule has 2 N–H and O–H groups in total. The molecule has 39 heavy (non-hydrogen) atoms. The van der Waals surface area contributed by atoms with Crippen LogP contribution in [0.1, 0.15) is 51.9 Å². The number of hydrogen-bond donors (Lipinski definition) is 1. The summed E-state index contributed by atoms with van der Waals surface area (Å²) in [5.41, 5.74) is 7.66. The molecular weight excluding hydrogens is 491 g/mol. The molecular formula is C30H47BN4O4. The number of likely N-dealkylation sites (N-methyl/N-ethyl adjacent to an activating group) is 1. The number of carbonyl (C=O) groups is 3. The van der Waals surface area contributed by atoms with Crippen molar-refractivity contribution in [2.75, 3.05) is 51.2 Å². The zero-order valence-corrected chi connectivity index (χ0v) is 24.2. The number of anilines is 1. The van der Waals surface area contributed by atoms with E-state index in [0.717, 1.165) is 25.9 Å². The van der Waals surface area contributed by atoms with Crippen LogP contribution >= 0.6 is 0 Å². The molecule has 2 amide bonds. The number of carbonyl (C=O) groups excluding carboxylic acids is 4. The lowest BCUT2D eigenvalue weighted by Crippen LogP contribution is -2.49. The van der Waals surface area contributed by atoms with E-state index >= 15 is 0 Å². The Morgan fingerprint density at radius 2 is 1.67 bits per heavy atom. The van der Waals surface area contributed by atoms with Gasteiger partial charge in [0.05, 0.1) is 5.41 Å². The maximum atomic E-state index is 11.9. The quantitative estimate of drug-likeness (QED) is 0.383. The SMILES string of the molecule is C=O.CCCCB(C)c1ccc(N2CCN(C)CC2)cc1.NC(=O)C1(CC=C=O)CCN(C(=O)C2CC2)CC1. The van der Waals surface area contributed by atoms with Crippen LogP contribution in [0, 0.1) is 11.3 Å². The Balaban J connectivity index is 0.000000258. The van der Waals surface area contributed by atoms with Crippen LogP contribution in [0.15, 0.2) is 30.3 Å². The minimum Gasteiger partial charge on any atom is -0.369 e. The molecule has 2 aliphatic heterocycles. The van der Waals surface area contributed by atoms with E-state index in [0.29, 0.717) is 39.1 Å². The molecule has 4 rings (SSSR count). The maximum absolute atomic E-state index is 11.9. The molecule has 2 saturated heterocycles. The van der Waals surface area contributed by atoms with Crippen LogP contribution in [0.25, 0.3) is 0 Å². The van der Waals surface area contributed by atoms with Crippen LogP contribution in [0.4, 0.5) is 5.69 Å². The van der Waals surface area contributed by atoms with E-state index in [9.17, 15) is 14.4 Å². The summed E-state index contributed by atoms with van der Waals surface area (Å²) < 4.78 is 0. The normalized spacial score (nSPS) is 18.4. The van der Waals surface area contributed by atoms with Crippen molar-refractivity contribution in [2.24, 2.45) is 17.1 Å². The summed E-state index contributed by atoms with van der Waals surface area (Å²) in [5.74, 6) is 1.73. The molecule has 9 heteroatoms. The number of piperidine rings is 1. The van der Waals surface area contributed by atoms with Gasteiger partial charge < -0.3 is 25.2 Å². The molecule has 0 atom stereocenters. The first-order chi connectivity index (χ1) is 18.8. The van der Waals surface area contributed by atoms with Crippen molar-refractivity contribution in [2.45, 2.75) is 65.0 Å². The summed E-state index contributed by atoms with van der Waals surface area (Å²) in [7, 11) is 2.20. The van der Waals surface area contributed by atoms with Gasteiger partial charge in [0.15, 0.2) is 6.71 Å². The van der Waals surface area contributed by atoms with Crippen molar-refractivity contribution in [3.8, 4) is 0 Å². The highest BCUT2D eigenvalue weighted by Crippen LogP contribution is 2.38. The van der Waals surface area contributed by atoms with Gasteiger partial charge in [0.2, 0.25) is 11.8 Å². The van der Waals surface area contributed by atoms with E-state index in [1.807, 2.05) is 11.7 Å². The average molecular weight is 539 g/mol. The highest BCUT2D eigenvalue weighted by molar-refractivity contribution is 6.72. The molecule has 8 nitrogen and oxygen atoms in total. The number of amides is 2. The van der Waals surface area contributed by atoms with Crippen LogP contribution in [-0.4, -0.2) is 87.4 Å². The van der Waals surface area contributed by atoms with Crippen molar-refractivity contribution in [1.29, 1.82) is 0 Å². The van der Waals surface area contributed by atoms with Gasteiger partial charge in [-0.05, 0) is 51.3 Å². The fraction of sp³-hybridized carbons (Fsp3) is 0.633. The molecule has 0 aromatic heterocycles. The highest BCUT2D eigenvalue weighted by atomic mass is 16.2. The summed E-state index contributed by atoms with van der Waals surface area (Å²) in [6.45, 7) is 13.1. The first kappa shape index (κ1) is 32.3. The van der Waals surface area contributed by atoms with Gasteiger partial charge in [-0.25, -0.2) is 4.79 Å². The van der Waals surface area contributed by atoms with E-state index in [1.54, 1.807) is 5.94 Å². The molecule has 0 spiro atoms. The number of nitrogens with zero attached hydrogens (tertiary/aromatic N) is 3. The first-order valence-electron chi connectivity index (χ1n) is 14.4. The third kappa shape index (κ3) is 9.66. The van der Waals surface area contributed by atoms with Crippen molar-refractivity contribution in [3.63, 3.8) is 0 Å². The Hall–Kier alpha value is -2.90. The van der Waals surface area contributed by atoms with Crippen LogP contribution < -0.4 is 16.1 Å². The number of hydrogen-bond acceptors (Lipinski definition) is 6. The Labute approximate surface area is 235 Å². The second-order valence-electron chi connectivity index (χ2n) is 11.2. The fourth-order valence-corrected chi connectivity index (χ4v) is 5.29. The number of benzene rings is 1. The molecule has 214 valence electrons. The largest absolute Gasteiger partial charge is 0.369 e. The topological polar surface area (TPSA) is 104 Å². The fourth-order valence-electron chi connectivity index (χ4n) is 5.29. The van der Waals surface area contributed by atoms with Crippen molar-refractivity contribution in [3.05, 3.63) is 30.3 Å². The van der Waals surface area contributed by atoms with Crippen LogP contribution in [0.3, 0.4) is 0 Å². The molecule has 3 aliphatic rings. The maximum Gasteiger partial charge on any atom is 0.225 e. The van der Waals surface area contributed by atoms with Crippen LogP contribution in [0.2, 0.25) is 13.1 Å². The third-order valence-corrected chi connectivity index (χ3v) is 8.38. The summed E-state index contributed by atoms with van der Waals surface area (Å²) in [6.07, 6.45) is 8.65. The molecule has 1 aromatic carbocycles. The second-order valence-corrected chi connectivity index (χ2v) is 11.2. The van der Waals surface area contributed by atoms with E-state index in [2.05, 4.69) is 54.9 Å². The minimum absolute atomic E-state index is 0.207. The van der Waals surface area contributed by atoms with Gasteiger partial charge in [-0.1, -0.05) is 50.5 Å². The van der Waals surface area contributed by atoms with Crippen molar-refractivity contribution >= 4 is 42.4 Å². The van der Waals surface area contributed by atoms with Gasteiger partial charge in [-0.2, -0.15) is 0 Å². The second kappa shape index (κ2) is 16.3. The monoisotopic (exact) mass is 538 g/mol. The Morgan fingerprint density at radius 3 is 2.15 bits per heavy atom. The minimum atomic E-state index is -0.669. The number of nitrogens with two attached hydrogens (primary N) is 1. The Kier molecular flexibility index (Phi) is 13.5. The summed E-state index contributed by atoms with van der Waals surface area (Å²) in [6, 6.07) is 9.27. The molecule has 1 saturated carbocycles. The zero-order valence-electron chi connectivity index (χ0n) is 24.2. The van der Waals surface area contributed by atoms with Gasteiger partial charge in [-0.15, -0.1) is 0 Å². The first-order valence-corrected chi connectivity index (χ1v) is 14.4. The third-order valence-electron chi connectivity index (χ3n) is 8.38. The van der Waals surface area contributed by atoms with Crippen LogP contribution in [-0.2, 0) is 19.2 Å². The Morgan fingerprint density at radius 1 is 1.08 bits per heavy atom. The molecule has 3 fully saturated rings. The van der Waals surface area contributed by atoms with Crippen molar-refractivity contribution < 1.29 is 19.2 Å². The predicted molar refractivity (Wildman–Crippen MR) is 159 cm³/mol. The number of likely N-dealkylation sites (tertiary alicyclic amines) is 1. The van der Waals surface area contributed by atoms with Gasteiger partial charge in [-0.3, -0.25) is 9.59 Å². The number of piperazine rings is 1. The van der Waals surface area contributed by atoms with Gasteiger partial charge >= 0.3 is 0 Å². The number of primary amides is 1. The summed E-state index contributed by atoms with van der Waals surface area (Å²) in [5, 5.41) is 0. The van der Waals surface area contributed by atoms with E-state index < -0.39 is 5.41 Å². The molecule has 1 aromatic rings.